The minimum absolute atomic E-state index is 0.0574. The second kappa shape index (κ2) is 9.14. The Morgan fingerprint density at radius 2 is 1.81 bits per heavy atom. The molecule has 1 aliphatic rings. The van der Waals surface area contributed by atoms with Gasteiger partial charge >= 0.3 is 5.97 Å². The third-order valence-corrected chi connectivity index (χ3v) is 5.43. The molecule has 148 valence electrons. The second-order valence-corrected chi connectivity index (χ2v) is 8.45. The summed E-state index contributed by atoms with van der Waals surface area (Å²) in [5.41, 5.74) is 0.713. The minimum atomic E-state index is -3.27. The molecule has 0 saturated carbocycles. The van der Waals surface area contributed by atoms with E-state index in [0.29, 0.717) is 30.4 Å². The largest absolute Gasteiger partial charge is 0.465 e. The van der Waals surface area contributed by atoms with Crippen molar-refractivity contribution < 1.29 is 22.7 Å². The summed E-state index contributed by atoms with van der Waals surface area (Å²) < 4.78 is 27.9. The van der Waals surface area contributed by atoms with E-state index in [-0.39, 0.29) is 23.8 Å². The van der Waals surface area contributed by atoms with Gasteiger partial charge in [-0.05, 0) is 43.3 Å². The van der Waals surface area contributed by atoms with Crippen molar-refractivity contribution >= 4 is 39.0 Å². The summed E-state index contributed by atoms with van der Waals surface area (Å²) >= 11 is 5.28. The van der Waals surface area contributed by atoms with Gasteiger partial charge < -0.3 is 10.1 Å². The number of carbonyl (C=O) groups excluding carboxylic acids is 2. The maximum atomic E-state index is 12.6. The topological polar surface area (TPSA) is 96.0 Å². The number of nitrogens with one attached hydrogen (secondary N) is 1. The van der Waals surface area contributed by atoms with E-state index < -0.39 is 15.8 Å². The Labute approximate surface area is 164 Å². The molecule has 2 rings (SSSR count). The molecule has 0 aliphatic carbocycles. The van der Waals surface area contributed by atoms with Crippen molar-refractivity contribution in [1.29, 1.82) is 0 Å². The fourth-order valence-electron chi connectivity index (χ4n) is 2.65. The number of hydrogen-bond acceptors (Lipinski definition) is 6. The fraction of sp³-hybridized carbons (Fsp3) is 0.471. The van der Waals surface area contributed by atoms with Crippen molar-refractivity contribution in [3.05, 3.63) is 29.8 Å². The Kier molecular flexibility index (Phi) is 7.14. The Bertz CT molecular complexity index is 808. The van der Waals surface area contributed by atoms with Crippen LogP contribution in [0.5, 0.6) is 0 Å². The lowest BCUT2D eigenvalue weighted by molar-refractivity contribution is -0.141. The summed E-state index contributed by atoms with van der Waals surface area (Å²) in [5.74, 6) is -0.567. The highest BCUT2D eigenvalue weighted by Crippen LogP contribution is 2.15. The Balaban J connectivity index is 1.96. The molecule has 10 heteroatoms. The maximum Gasteiger partial charge on any atom is 0.325 e. The number of thiocarbonyl (C=S) groups is 1. The molecule has 0 aromatic heterocycles. The summed E-state index contributed by atoms with van der Waals surface area (Å²) in [6.07, 6.45) is 2.03. The van der Waals surface area contributed by atoms with Crippen molar-refractivity contribution in [1.82, 2.24) is 15.3 Å². The quantitative estimate of drug-likeness (QED) is 0.533. The van der Waals surface area contributed by atoms with Crippen LogP contribution in [0.4, 0.5) is 0 Å². The van der Waals surface area contributed by atoms with Gasteiger partial charge in [-0.1, -0.05) is 12.1 Å². The van der Waals surface area contributed by atoms with E-state index in [1.54, 1.807) is 29.1 Å². The zero-order valence-corrected chi connectivity index (χ0v) is 16.9. The van der Waals surface area contributed by atoms with Crippen LogP contribution < -0.4 is 5.32 Å². The van der Waals surface area contributed by atoms with Crippen LogP contribution in [0.15, 0.2) is 29.2 Å². The number of ether oxygens (including phenoxy) is 1. The van der Waals surface area contributed by atoms with E-state index in [4.69, 9.17) is 17.0 Å². The molecule has 1 amide bonds. The standard InChI is InChI=1S/C17H23N3O5S2/c1-3-25-16(22)12-18-17(26)20-10-4-9-19(20)15(21)11-13-5-7-14(8-6-13)27(2,23)24/h5-8H,3-4,9-12H2,1-2H3,(H,18,26). The summed E-state index contributed by atoms with van der Waals surface area (Å²) in [4.78, 5) is 24.3. The number of benzene rings is 1. The smallest absolute Gasteiger partial charge is 0.325 e. The molecule has 1 saturated heterocycles. The Morgan fingerprint density at radius 1 is 1.19 bits per heavy atom. The average Bonchev–Trinajstić information content (AvgIpc) is 3.09. The molecule has 1 aromatic carbocycles. The zero-order valence-electron chi connectivity index (χ0n) is 15.3. The number of amides is 1. The molecular weight excluding hydrogens is 390 g/mol. The molecule has 1 aromatic rings. The van der Waals surface area contributed by atoms with Gasteiger partial charge in [0.1, 0.15) is 6.54 Å². The first-order valence-electron chi connectivity index (χ1n) is 8.52. The third kappa shape index (κ3) is 5.90. The lowest BCUT2D eigenvalue weighted by atomic mass is 10.1. The molecule has 0 spiro atoms. The molecule has 0 unspecified atom stereocenters. The van der Waals surface area contributed by atoms with Crippen LogP contribution in [0.1, 0.15) is 18.9 Å². The Morgan fingerprint density at radius 3 is 2.41 bits per heavy atom. The molecule has 1 heterocycles. The van der Waals surface area contributed by atoms with Gasteiger partial charge in [0, 0.05) is 19.3 Å². The van der Waals surface area contributed by atoms with Crippen molar-refractivity contribution in [2.24, 2.45) is 0 Å². The number of sulfone groups is 1. The van der Waals surface area contributed by atoms with Crippen LogP contribution in [0.3, 0.4) is 0 Å². The molecule has 0 bridgehead atoms. The van der Waals surface area contributed by atoms with Crippen LogP contribution in [0.2, 0.25) is 0 Å². The highest BCUT2D eigenvalue weighted by atomic mass is 32.2. The normalized spacial score (nSPS) is 14.1. The van der Waals surface area contributed by atoms with Gasteiger partial charge in [-0.15, -0.1) is 0 Å². The first kappa shape index (κ1) is 21.1. The average molecular weight is 414 g/mol. The van der Waals surface area contributed by atoms with E-state index >= 15 is 0 Å². The van der Waals surface area contributed by atoms with E-state index in [1.165, 1.54) is 12.1 Å². The molecule has 1 aliphatic heterocycles. The summed E-state index contributed by atoms with van der Waals surface area (Å²) in [6.45, 7) is 3.06. The van der Waals surface area contributed by atoms with E-state index in [0.717, 1.165) is 12.7 Å². The predicted molar refractivity (Wildman–Crippen MR) is 104 cm³/mol. The van der Waals surface area contributed by atoms with Gasteiger partial charge in [0.05, 0.1) is 17.9 Å². The molecule has 0 atom stereocenters. The number of nitrogens with zero attached hydrogens (tertiary/aromatic N) is 2. The second-order valence-electron chi connectivity index (χ2n) is 6.05. The first-order chi connectivity index (χ1) is 12.7. The monoisotopic (exact) mass is 413 g/mol. The van der Waals surface area contributed by atoms with Crippen LogP contribution >= 0.6 is 12.2 Å². The van der Waals surface area contributed by atoms with Gasteiger partial charge in [0.15, 0.2) is 14.9 Å². The molecule has 27 heavy (non-hydrogen) atoms. The van der Waals surface area contributed by atoms with E-state index in [9.17, 15) is 18.0 Å². The maximum absolute atomic E-state index is 12.6. The number of hydrazine groups is 1. The Hall–Kier alpha value is -2.20. The molecular formula is C17H23N3O5S2. The minimum Gasteiger partial charge on any atom is -0.465 e. The number of hydrogen-bond donors (Lipinski definition) is 1. The third-order valence-electron chi connectivity index (χ3n) is 3.95. The van der Waals surface area contributed by atoms with Crippen LogP contribution in [-0.4, -0.2) is 67.9 Å². The first-order valence-corrected chi connectivity index (χ1v) is 10.8. The van der Waals surface area contributed by atoms with Crippen LogP contribution in [0, 0.1) is 0 Å². The van der Waals surface area contributed by atoms with Gasteiger partial charge in [-0.3, -0.25) is 19.6 Å². The summed E-state index contributed by atoms with van der Waals surface area (Å²) in [7, 11) is -3.27. The van der Waals surface area contributed by atoms with Gasteiger partial charge in [-0.25, -0.2) is 8.42 Å². The lowest BCUT2D eigenvalue weighted by Crippen LogP contribution is -2.50. The van der Waals surface area contributed by atoms with E-state index in [2.05, 4.69) is 5.32 Å². The summed E-state index contributed by atoms with van der Waals surface area (Å²) in [6, 6.07) is 6.24. The van der Waals surface area contributed by atoms with Crippen LogP contribution in [-0.2, 0) is 30.6 Å². The van der Waals surface area contributed by atoms with Crippen molar-refractivity contribution in [2.45, 2.75) is 24.7 Å². The number of esters is 1. The molecule has 1 fully saturated rings. The number of carbonyl (C=O) groups is 2. The number of rotatable bonds is 6. The summed E-state index contributed by atoms with van der Waals surface area (Å²) in [5, 5.41) is 6.28. The highest BCUT2D eigenvalue weighted by molar-refractivity contribution is 7.90. The predicted octanol–water partition coefficient (Wildman–Crippen LogP) is 0.520. The van der Waals surface area contributed by atoms with Crippen molar-refractivity contribution in [3.63, 3.8) is 0 Å². The van der Waals surface area contributed by atoms with Gasteiger partial charge in [0.2, 0.25) is 5.91 Å². The highest BCUT2D eigenvalue weighted by Gasteiger charge is 2.28. The molecule has 8 nitrogen and oxygen atoms in total. The van der Waals surface area contributed by atoms with Crippen molar-refractivity contribution in [3.8, 4) is 0 Å². The molecule has 0 radical (unpaired) electrons. The van der Waals surface area contributed by atoms with Crippen molar-refractivity contribution in [2.75, 3.05) is 32.5 Å². The zero-order chi connectivity index (χ0) is 20.0. The van der Waals surface area contributed by atoms with Gasteiger partial charge in [-0.2, -0.15) is 0 Å². The van der Waals surface area contributed by atoms with Gasteiger partial charge in [0.25, 0.3) is 0 Å². The fourth-order valence-corrected chi connectivity index (χ4v) is 3.55. The van der Waals surface area contributed by atoms with Crippen LogP contribution in [0.25, 0.3) is 0 Å². The van der Waals surface area contributed by atoms with E-state index in [1.807, 2.05) is 0 Å². The molecule has 1 N–H and O–H groups in total. The SMILES string of the molecule is CCOC(=O)CNC(=S)N1CCCN1C(=O)Cc1ccc(S(C)(=O)=O)cc1. The lowest BCUT2D eigenvalue weighted by Gasteiger charge is -2.30.